The van der Waals surface area contributed by atoms with Crippen LogP contribution < -0.4 is 10.6 Å². The zero-order chi connectivity index (χ0) is 13.0. The molecule has 1 aromatic rings. The number of urea groups is 1. The number of aliphatic carboxylic acids is 1. The molecular formula is C10H10Cl2N2O3. The largest absolute Gasteiger partial charge is 0.480 e. The molecule has 0 aliphatic rings. The number of carbonyl (C=O) groups excluding carboxylic acids is 1. The van der Waals surface area contributed by atoms with Crippen molar-refractivity contribution in [2.45, 2.75) is 13.0 Å². The Hall–Kier alpha value is -1.46. The summed E-state index contributed by atoms with van der Waals surface area (Å²) in [4.78, 5) is 21.9. The molecule has 0 aliphatic carbocycles. The number of carboxylic acids is 1. The highest BCUT2D eigenvalue weighted by Gasteiger charge is 2.14. The third-order valence-electron chi connectivity index (χ3n) is 1.90. The molecule has 0 heterocycles. The standard InChI is InChI=1S/C10H10Cl2N2O3/c1-5(9(15)16)13-10(17)14-8-3-2-6(11)4-7(8)12/h2-5H,1H3,(H,15,16)(H2,13,14,17)/t5-/m1/s1. The Kier molecular flexibility index (Phi) is 4.60. The number of rotatable bonds is 3. The van der Waals surface area contributed by atoms with Crippen LogP contribution in [-0.4, -0.2) is 23.1 Å². The molecule has 1 atom stereocenters. The predicted octanol–water partition coefficient (Wildman–Crippen LogP) is 2.59. The fraction of sp³-hybridized carbons (Fsp3) is 0.200. The highest BCUT2D eigenvalue weighted by molar-refractivity contribution is 6.36. The number of hydrogen-bond donors (Lipinski definition) is 3. The first-order valence-electron chi connectivity index (χ1n) is 4.65. The molecule has 0 unspecified atom stereocenters. The molecular weight excluding hydrogens is 267 g/mol. The quantitative estimate of drug-likeness (QED) is 0.794. The van der Waals surface area contributed by atoms with E-state index < -0.39 is 18.0 Å². The molecule has 0 bridgehead atoms. The zero-order valence-corrected chi connectivity index (χ0v) is 10.3. The van der Waals surface area contributed by atoms with Crippen molar-refractivity contribution in [2.75, 3.05) is 5.32 Å². The molecule has 7 heteroatoms. The van der Waals surface area contributed by atoms with Crippen LogP contribution in [0.25, 0.3) is 0 Å². The summed E-state index contributed by atoms with van der Waals surface area (Å²) in [6.07, 6.45) is 0. The van der Waals surface area contributed by atoms with Crippen LogP contribution in [0.1, 0.15) is 6.92 Å². The van der Waals surface area contributed by atoms with Crippen molar-refractivity contribution in [3.63, 3.8) is 0 Å². The van der Waals surface area contributed by atoms with Gasteiger partial charge >= 0.3 is 12.0 Å². The van der Waals surface area contributed by atoms with Gasteiger partial charge in [-0.15, -0.1) is 0 Å². The van der Waals surface area contributed by atoms with E-state index >= 15 is 0 Å². The SMILES string of the molecule is C[C@@H](NC(=O)Nc1ccc(Cl)cc1Cl)C(=O)O. The van der Waals surface area contributed by atoms with Gasteiger partial charge in [-0.25, -0.2) is 4.79 Å². The molecule has 2 amide bonds. The Morgan fingerprint density at radius 3 is 2.53 bits per heavy atom. The van der Waals surface area contributed by atoms with E-state index in [4.69, 9.17) is 28.3 Å². The Morgan fingerprint density at radius 2 is 2.00 bits per heavy atom. The van der Waals surface area contributed by atoms with Crippen LogP contribution >= 0.6 is 23.2 Å². The maximum Gasteiger partial charge on any atom is 0.325 e. The average molecular weight is 277 g/mol. The van der Waals surface area contributed by atoms with Gasteiger partial charge in [0, 0.05) is 5.02 Å². The Morgan fingerprint density at radius 1 is 1.35 bits per heavy atom. The fourth-order valence-corrected chi connectivity index (χ4v) is 1.46. The lowest BCUT2D eigenvalue weighted by atomic mass is 10.3. The maximum absolute atomic E-state index is 11.4. The van der Waals surface area contributed by atoms with Crippen molar-refractivity contribution < 1.29 is 14.7 Å². The summed E-state index contributed by atoms with van der Waals surface area (Å²) in [5.74, 6) is -1.12. The van der Waals surface area contributed by atoms with E-state index in [1.165, 1.54) is 19.1 Å². The highest BCUT2D eigenvalue weighted by Crippen LogP contribution is 2.25. The van der Waals surface area contributed by atoms with E-state index in [0.29, 0.717) is 10.7 Å². The van der Waals surface area contributed by atoms with Crippen LogP contribution in [0.15, 0.2) is 18.2 Å². The summed E-state index contributed by atoms with van der Waals surface area (Å²) >= 11 is 11.5. The summed E-state index contributed by atoms with van der Waals surface area (Å²) in [5.41, 5.74) is 0.353. The van der Waals surface area contributed by atoms with Gasteiger partial charge in [-0.05, 0) is 25.1 Å². The van der Waals surface area contributed by atoms with E-state index in [1.807, 2.05) is 0 Å². The van der Waals surface area contributed by atoms with Gasteiger partial charge < -0.3 is 15.7 Å². The fourth-order valence-electron chi connectivity index (χ4n) is 1.01. The summed E-state index contributed by atoms with van der Waals surface area (Å²) in [5, 5.41) is 14.0. The van der Waals surface area contributed by atoms with E-state index in [-0.39, 0.29) is 5.02 Å². The van der Waals surface area contributed by atoms with Gasteiger partial charge in [0.25, 0.3) is 0 Å². The Balaban J connectivity index is 2.65. The first-order chi connectivity index (χ1) is 7.90. The van der Waals surface area contributed by atoms with Crippen LogP contribution in [0.2, 0.25) is 10.0 Å². The molecule has 0 radical (unpaired) electrons. The number of halogens is 2. The minimum atomic E-state index is -1.12. The molecule has 0 aromatic heterocycles. The third-order valence-corrected chi connectivity index (χ3v) is 2.45. The summed E-state index contributed by atoms with van der Waals surface area (Å²) in [7, 11) is 0. The van der Waals surface area contributed by atoms with E-state index in [1.54, 1.807) is 6.07 Å². The molecule has 1 aromatic carbocycles. The molecule has 1 rings (SSSR count). The number of anilines is 1. The van der Waals surface area contributed by atoms with Gasteiger partial charge in [0.1, 0.15) is 6.04 Å². The van der Waals surface area contributed by atoms with Crippen LogP contribution in [0.4, 0.5) is 10.5 Å². The summed E-state index contributed by atoms with van der Waals surface area (Å²) < 4.78 is 0. The number of nitrogens with one attached hydrogen (secondary N) is 2. The van der Waals surface area contributed by atoms with Crippen molar-refractivity contribution in [1.82, 2.24) is 5.32 Å². The van der Waals surface area contributed by atoms with E-state index in [9.17, 15) is 9.59 Å². The molecule has 92 valence electrons. The van der Waals surface area contributed by atoms with E-state index in [0.717, 1.165) is 0 Å². The molecule has 0 spiro atoms. The number of amides is 2. The molecule has 0 saturated carbocycles. The lowest BCUT2D eigenvalue weighted by Gasteiger charge is -2.11. The molecule has 5 nitrogen and oxygen atoms in total. The predicted molar refractivity (Wildman–Crippen MR) is 65.7 cm³/mol. The third kappa shape index (κ3) is 4.13. The van der Waals surface area contributed by atoms with E-state index in [2.05, 4.69) is 10.6 Å². The first kappa shape index (κ1) is 13.6. The molecule has 0 saturated heterocycles. The summed E-state index contributed by atoms with van der Waals surface area (Å²) in [6, 6.07) is 2.92. The van der Waals surface area contributed by atoms with Gasteiger partial charge in [0.2, 0.25) is 0 Å². The van der Waals surface area contributed by atoms with Gasteiger partial charge in [0.05, 0.1) is 10.7 Å². The number of hydrogen-bond acceptors (Lipinski definition) is 2. The lowest BCUT2D eigenvalue weighted by molar-refractivity contribution is -0.138. The van der Waals surface area contributed by atoms with Crippen LogP contribution in [-0.2, 0) is 4.79 Å². The van der Waals surface area contributed by atoms with Crippen molar-refractivity contribution in [3.8, 4) is 0 Å². The van der Waals surface area contributed by atoms with Gasteiger partial charge in [-0.3, -0.25) is 4.79 Å². The Labute approximate surface area is 108 Å². The second kappa shape index (κ2) is 5.75. The first-order valence-corrected chi connectivity index (χ1v) is 5.41. The number of benzene rings is 1. The molecule has 17 heavy (non-hydrogen) atoms. The zero-order valence-electron chi connectivity index (χ0n) is 8.83. The second-order valence-electron chi connectivity index (χ2n) is 3.28. The molecule has 3 N–H and O–H groups in total. The van der Waals surface area contributed by atoms with Crippen molar-refractivity contribution in [2.24, 2.45) is 0 Å². The lowest BCUT2D eigenvalue weighted by Crippen LogP contribution is -2.40. The van der Waals surface area contributed by atoms with Crippen molar-refractivity contribution in [3.05, 3.63) is 28.2 Å². The van der Waals surface area contributed by atoms with Gasteiger partial charge in [0.15, 0.2) is 0 Å². The van der Waals surface area contributed by atoms with Gasteiger partial charge in [-0.2, -0.15) is 0 Å². The topological polar surface area (TPSA) is 78.4 Å². The van der Waals surface area contributed by atoms with Crippen LogP contribution in [0.3, 0.4) is 0 Å². The van der Waals surface area contributed by atoms with Crippen molar-refractivity contribution >= 4 is 40.9 Å². The minimum absolute atomic E-state index is 0.274. The van der Waals surface area contributed by atoms with Crippen LogP contribution in [0, 0.1) is 0 Å². The molecule has 0 fully saturated rings. The maximum atomic E-state index is 11.4. The minimum Gasteiger partial charge on any atom is -0.480 e. The van der Waals surface area contributed by atoms with Crippen molar-refractivity contribution in [1.29, 1.82) is 0 Å². The smallest absolute Gasteiger partial charge is 0.325 e. The molecule has 0 aliphatic heterocycles. The normalized spacial score (nSPS) is 11.7. The average Bonchev–Trinajstić information content (AvgIpc) is 2.22. The van der Waals surface area contributed by atoms with Gasteiger partial charge in [-0.1, -0.05) is 23.2 Å². The highest BCUT2D eigenvalue weighted by atomic mass is 35.5. The second-order valence-corrected chi connectivity index (χ2v) is 4.13. The summed E-state index contributed by atoms with van der Waals surface area (Å²) in [6.45, 7) is 1.35. The monoisotopic (exact) mass is 276 g/mol. The number of carboxylic acid groups (broad SMARTS) is 1. The van der Waals surface area contributed by atoms with Crippen LogP contribution in [0.5, 0.6) is 0 Å². The Bertz CT molecular complexity index is 451. The number of carbonyl (C=O) groups is 2.